The molecule has 1 aromatic heterocycles. The summed E-state index contributed by atoms with van der Waals surface area (Å²) in [7, 11) is 0. The fourth-order valence-electron chi connectivity index (χ4n) is 1.61. The van der Waals surface area contributed by atoms with Gasteiger partial charge in [-0.1, -0.05) is 20.8 Å². The van der Waals surface area contributed by atoms with E-state index in [4.69, 9.17) is 9.72 Å². The molecule has 1 N–H and O–H groups in total. The predicted octanol–water partition coefficient (Wildman–Crippen LogP) is 3.39. The van der Waals surface area contributed by atoms with Crippen LogP contribution in [-0.2, 0) is 16.6 Å². The van der Waals surface area contributed by atoms with Gasteiger partial charge < -0.3 is 10.1 Å². The quantitative estimate of drug-likeness (QED) is 0.743. The van der Waals surface area contributed by atoms with Gasteiger partial charge in [0.05, 0.1) is 16.8 Å². The molecule has 0 aliphatic carbocycles. The molecule has 1 heterocycles. The van der Waals surface area contributed by atoms with Crippen LogP contribution >= 0.6 is 11.3 Å². The summed E-state index contributed by atoms with van der Waals surface area (Å²) in [6.45, 7) is 13.6. The van der Waals surface area contributed by atoms with Gasteiger partial charge in [-0.05, 0) is 26.8 Å². The van der Waals surface area contributed by atoms with Crippen LogP contribution in [0.3, 0.4) is 0 Å². The van der Waals surface area contributed by atoms with Crippen LogP contribution in [-0.4, -0.2) is 30.8 Å². The molecule has 0 atom stereocenters. The lowest BCUT2D eigenvalue weighted by atomic mass is 9.93. The SMILES string of the molecule is CC(C)OCCCNCCc1nc(C(C)(C)C)cs1. The second-order valence-electron chi connectivity index (χ2n) is 6.15. The highest BCUT2D eigenvalue weighted by molar-refractivity contribution is 7.09. The van der Waals surface area contributed by atoms with Gasteiger partial charge in [-0.2, -0.15) is 0 Å². The van der Waals surface area contributed by atoms with E-state index in [0.29, 0.717) is 6.10 Å². The van der Waals surface area contributed by atoms with Crippen molar-refractivity contribution in [2.75, 3.05) is 19.7 Å². The van der Waals surface area contributed by atoms with Gasteiger partial charge in [-0.15, -0.1) is 11.3 Å². The lowest BCUT2D eigenvalue weighted by Crippen LogP contribution is -2.20. The molecular formula is C15H28N2OS. The van der Waals surface area contributed by atoms with Gasteiger partial charge in [0.15, 0.2) is 0 Å². The molecule has 0 saturated heterocycles. The molecule has 0 aromatic carbocycles. The van der Waals surface area contributed by atoms with E-state index in [1.807, 2.05) is 0 Å². The van der Waals surface area contributed by atoms with Crippen molar-refractivity contribution in [2.24, 2.45) is 0 Å². The molecule has 19 heavy (non-hydrogen) atoms. The van der Waals surface area contributed by atoms with Gasteiger partial charge in [0.1, 0.15) is 0 Å². The zero-order valence-electron chi connectivity index (χ0n) is 13.0. The zero-order chi connectivity index (χ0) is 14.3. The monoisotopic (exact) mass is 284 g/mol. The van der Waals surface area contributed by atoms with Crippen LogP contribution in [0.2, 0.25) is 0 Å². The molecule has 1 rings (SSSR count). The van der Waals surface area contributed by atoms with Crippen LogP contribution < -0.4 is 5.32 Å². The Balaban J connectivity index is 2.11. The second kappa shape index (κ2) is 7.98. The number of thiazole rings is 1. The molecule has 0 aliphatic heterocycles. The highest BCUT2D eigenvalue weighted by Gasteiger charge is 2.16. The van der Waals surface area contributed by atoms with Crippen LogP contribution in [0.1, 0.15) is 51.7 Å². The van der Waals surface area contributed by atoms with Gasteiger partial charge in [0.2, 0.25) is 0 Å². The molecule has 110 valence electrons. The maximum atomic E-state index is 5.50. The fourth-order valence-corrected chi connectivity index (χ4v) is 2.63. The number of hydrogen-bond acceptors (Lipinski definition) is 4. The normalized spacial score (nSPS) is 12.3. The van der Waals surface area contributed by atoms with Crippen LogP contribution in [0.25, 0.3) is 0 Å². The lowest BCUT2D eigenvalue weighted by Gasteiger charge is -2.14. The Bertz CT molecular complexity index is 355. The topological polar surface area (TPSA) is 34.1 Å². The minimum absolute atomic E-state index is 0.163. The van der Waals surface area contributed by atoms with Crippen molar-refractivity contribution in [3.8, 4) is 0 Å². The van der Waals surface area contributed by atoms with Crippen LogP contribution in [0, 0.1) is 0 Å². The molecule has 0 saturated carbocycles. The molecule has 0 amide bonds. The first-order valence-electron chi connectivity index (χ1n) is 7.17. The van der Waals surface area contributed by atoms with Gasteiger partial charge in [-0.3, -0.25) is 0 Å². The van der Waals surface area contributed by atoms with Crippen molar-refractivity contribution in [2.45, 2.75) is 59.0 Å². The Morgan fingerprint density at radius 2 is 2.05 bits per heavy atom. The van der Waals surface area contributed by atoms with Gasteiger partial charge in [0.25, 0.3) is 0 Å². The number of hydrogen-bond donors (Lipinski definition) is 1. The Kier molecular flexibility index (Phi) is 6.97. The minimum Gasteiger partial charge on any atom is -0.379 e. The highest BCUT2D eigenvalue weighted by Crippen LogP contribution is 2.23. The van der Waals surface area contributed by atoms with Crippen molar-refractivity contribution in [1.29, 1.82) is 0 Å². The van der Waals surface area contributed by atoms with E-state index in [9.17, 15) is 0 Å². The van der Waals surface area contributed by atoms with Gasteiger partial charge in [0, 0.05) is 30.4 Å². The van der Waals surface area contributed by atoms with Crippen molar-refractivity contribution in [3.05, 3.63) is 16.1 Å². The first-order chi connectivity index (χ1) is 8.89. The Hall–Kier alpha value is -0.450. The van der Waals surface area contributed by atoms with E-state index in [1.165, 1.54) is 10.7 Å². The van der Waals surface area contributed by atoms with Crippen LogP contribution in [0.5, 0.6) is 0 Å². The largest absolute Gasteiger partial charge is 0.379 e. The third kappa shape index (κ3) is 7.04. The third-order valence-electron chi connectivity index (χ3n) is 2.78. The van der Waals surface area contributed by atoms with E-state index in [1.54, 1.807) is 11.3 Å². The number of ether oxygens (including phenoxy) is 1. The average molecular weight is 284 g/mol. The van der Waals surface area contributed by atoms with Gasteiger partial charge in [-0.25, -0.2) is 4.98 Å². The molecular weight excluding hydrogens is 256 g/mol. The molecule has 0 aliphatic rings. The summed E-state index contributed by atoms with van der Waals surface area (Å²) in [6.07, 6.45) is 2.43. The van der Waals surface area contributed by atoms with E-state index in [-0.39, 0.29) is 5.41 Å². The summed E-state index contributed by atoms with van der Waals surface area (Å²) < 4.78 is 5.50. The Labute approximate surface area is 121 Å². The summed E-state index contributed by atoms with van der Waals surface area (Å²) in [5.74, 6) is 0. The molecule has 1 aromatic rings. The molecule has 3 nitrogen and oxygen atoms in total. The number of nitrogens with one attached hydrogen (secondary N) is 1. The summed E-state index contributed by atoms with van der Waals surface area (Å²) in [4.78, 5) is 4.69. The number of nitrogens with zero attached hydrogens (tertiary/aromatic N) is 1. The molecule has 0 unspecified atom stereocenters. The average Bonchev–Trinajstić information content (AvgIpc) is 2.75. The fraction of sp³-hybridized carbons (Fsp3) is 0.800. The lowest BCUT2D eigenvalue weighted by molar-refractivity contribution is 0.0771. The molecule has 0 fully saturated rings. The standard InChI is InChI=1S/C15H28N2OS/c1-12(2)18-10-6-8-16-9-7-14-17-13(11-19-14)15(3,4)5/h11-12,16H,6-10H2,1-5H3. The summed E-state index contributed by atoms with van der Waals surface area (Å²) in [5, 5.41) is 6.86. The second-order valence-corrected chi connectivity index (χ2v) is 7.09. The summed E-state index contributed by atoms with van der Waals surface area (Å²) in [5.41, 5.74) is 1.37. The third-order valence-corrected chi connectivity index (χ3v) is 3.69. The van der Waals surface area contributed by atoms with Crippen molar-refractivity contribution < 1.29 is 4.74 Å². The Morgan fingerprint density at radius 3 is 2.63 bits per heavy atom. The van der Waals surface area contributed by atoms with Crippen LogP contribution in [0.4, 0.5) is 0 Å². The zero-order valence-corrected chi connectivity index (χ0v) is 13.8. The van der Waals surface area contributed by atoms with Gasteiger partial charge >= 0.3 is 0 Å². The maximum Gasteiger partial charge on any atom is 0.0941 e. The number of aromatic nitrogens is 1. The smallest absolute Gasteiger partial charge is 0.0941 e. The maximum absolute atomic E-state index is 5.50. The molecule has 4 heteroatoms. The first-order valence-corrected chi connectivity index (χ1v) is 8.05. The van der Waals surface area contributed by atoms with E-state index in [0.717, 1.165) is 32.5 Å². The Morgan fingerprint density at radius 1 is 1.32 bits per heavy atom. The molecule has 0 radical (unpaired) electrons. The van der Waals surface area contributed by atoms with Crippen LogP contribution in [0.15, 0.2) is 5.38 Å². The molecule has 0 spiro atoms. The number of rotatable bonds is 8. The first kappa shape index (κ1) is 16.6. The predicted molar refractivity (Wildman–Crippen MR) is 83.1 cm³/mol. The highest BCUT2D eigenvalue weighted by atomic mass is 32.1. The van der Waals surface area contributed by atoms with Crippen molar-refractivity contribution in [1.82, 2.24) is 10.3 Å². The van der Waals surface area contributed by atoms with E-state index >= 15 is 0 Å². The summed E-state index contributed by atoms with van der Waals surface area (Å²) >= 11 is 1.77. The van der Waals surface area contributed by atoms with E-state index in [2.05, 4.69) is 45.3 Å². The van der Waals surface area contributed by atoms with E-state index < -0.39 is 0 Å². The summed E-state index contributed by atoms with van der Waals surface area (Å²) in [6, 6.07) is 0. The van der Waals surface area contributed by atoms with Crippen molar-refractivity contribution >= 4 is 11.3 Å². The minimum atomic E-state index is 0.163. The molecule has 0 bridgehead atoms. The van der Waals surface area contributed by atoms with Crippen molar-refractivity contribution in [3.63, 3.8) is 0 Å².